The molecule has 158 valence electrons. The monoisotopic (exact) mass is 401 g/mol. The van der Waals surface area contributed by atoms with E-state index >= 15 is 0 Å². The highest BCUT2D eigenvalue weighted by Crippen LogP contribution is 2.16. The van der Waals surface area contributed by atoms with Gasteiger partial charge in [0.05, 0.1) is 11.4 Å². The first-order valence-electron chi connectivity index (χ1n) is 9.63. The Morgan fingerprint density at radius 2 is 1.83 bits per heavy atom. The zero-order valence-electron chi connectivity index (χ0n) is 18.4. The Labute approximate surface area is 172 Å². The van der Waals surface area contributed by atoms with Gasteiger partial charge in [0, 0.05) is 13.1 Å². The third-order valence-electron chi connectivity index (χ3n) is 4.19. The fraction of sp³-hybridized carbons (Fsp3) is 0.524. The second-order valence-corrected chi connectivity index (χ2v) is 8.39. The summed E-state index contributed by atoms with van der Waals surface area (Å²) in [6, 6.07) is 7.80. The van der Waals surface area contributed by atoms with Crippen LogP contribution in [0.2, 0.25) is 0 Å². The minimum absolute atomic E-state index is 0.138. The van der Waals surface area contributed by atoms with Crippen molar-refractivity contribution in [2.45, 2.75) is 40.2 Å². The molecule has 0 N–H and O–H groups in total. The van der Waals surface area contributed by atoms with E-state index < -0.39 is 11.6 Å². The van der Waals surface area contributed by atoms with Gasteiger partial charge >= 0.3 is 5.97 Å². The van der Waals surface area contributed by atoms with Crippen LogP contribution in [-0.2, 0) is 9.53 Å². The van der Waals surface area contributed by atoms with Gasteiger partial charge in [-0.1, -0.05) is 17.3 Å². The first kappa shape index (κ1) is 22.5. The predicted molar refractivity (Wildman–Crippen MR) is 111 cm³/mol. The number of aromatic nitrogens is 3. The Morgan fingerprint density at radius 3 is 2.41 bits per heavy atom. The molecular weight excluding hydrogens is 370 g/mol. The molecule has 0 bridgehead atoms. The molecule has 0 aliphatic heterocycles. The van der Waals surface area contributed by atoms with Crippen molar-refractivity contribution in [3.63, 3.8) is 0 Å². The molecule has 29 heavy (non-hydrogen) atoms. The van der Waals surface area contributed by atoms with E-state index in [-0.39, 0.29) is 18.1 Å². The Bertz CT molecular complexity index is 867. The van der Waals surface area contributed by atoms with Crippen LogP contribution in [-0.4, -0.2) is 76.0 Å². The lowest BCUT2D eigenvalue weighted by Crippen LogP contribution is -2.42. The second kappa shape index (κ2) is 9.17. The first-order chi connectivity index (χ1) is 13.5. The minimum atomic E-state index is -0.614. The van der Waals surface area contributed by atoms with Crippen LogP contribution in [0, 0.1) is 13.8 Å². The van der Waals surface area contributed by atoms with Crippen LogP contribution in [0.4, 0.5) is 0 Å². The van der Waals surface area contributed by atoms with E-state index in [2.05, 4.69) is 10.3 Å². The van der Waals surface area contributed by atoms with E-state index in [4.69, 9.17) is 4.74 Å². The lowest BCUT2D eigenvalue weighted by atomic mass is 10.2. The molecule has 0 saturated carbocycles. The van der Waals surface area contributed by atoms with E-state index in [1.807, 2.05) is 50.2 Å². The van der Waals surface area contributed by atoms with Gasteiger partial charge in [-0.15, -0.1) is 5.10 Å². The van der Waals surface area contributed by atoms with Crippen molar-refractivity contribution in [2.24, 2.45) is 0 Å². The minimum Gasteiger partial charge on any atom is -0.459 e. The molecule has 1 heterocycles. The number of hydrogen-bond donors (Lipinski definition) is 0. The van der Waals surface area contributed by atoms with Gasteiger partial charge in [0.2, 0.25) is 0 Å². The maximum Gasteiger partial charge on any atom is 0.326 e. The first-order valence-corrected chi connectivity index (χ1v) is 9.63. The summed E-state index contributed by atoms with van der Waals surface area (Å²) in [4.78, 5) is 28.9. The molecule has 8 nitrogen and oxygen atoms in total. The molecule has 1 amide bonds. The topological polar surface area (TPSA) is 80.6 Å². The molecule has 0 fully saturated rings. The number of esters is 1. The number of aryl methyl sites for hydroxylation is 1. The van der Waals surface area contributed by atoms with Gasteiger partial charge in [0.15, 0.2) is 5.69 Å². The number of benzene rings is 1. The summed E-state index contributed by atoms with van der Waals surface area (Å²) < 4.78 is 7.03. The van der Waals surface area contributed by atoms with E-state index in [0.717, 1.165) is 11.3 Å². The summed E-state index contributed by atoms with van der Waals surface area (Å²) in [6.45, 7) is 10.0. The van der Waals surface area contributed by atoms with E-state index in [1.165, 1.54) is 4.90 Å². The van der Waals surface area contributed by atoms with Crippen LogP contribution in [0.15, 0.2) is 24.3 Å². The van der Waals surface area contributed by atoms with Crippen LogP contribution < -0.4 is 0 Å². The van der Waals surface area contributed by atoms with Crippen molar-refractivity contribution >= 4 is 11.9 Å². The van der Waals surface area contributed by atoms with Crippen molar-refractivity contribution in [3.05, 3.63) is 41.2 Å². The molecule has 2 aromatic rings. The lowest BCUT2D eigenvalue weighted by molar-refractivity contribution is -0.155. The van der Waals surface area contributed by atoms with Crippen LogP contribution in [0.5, 0.6) is 0 Å². The number of ether oxygens (including phenoxy) is 1. The highest BCUT2D eigenvalue weighted by molar-refractivity contribution is 5.95. The van der Waals surface area contributed by atoms with Gasteiger partial charge in [-0.2, -0.15) is 0 Å². The standard InChI is InChI=1S/C21H31N5O3/c1-15-9-8-10-17(13-15)26-16(2)19(22-23-26)20(28)25(12-11-24(6)7)14-18(27)29-21(3,4)5/h8-10,13H,11-12,14H2,1-7H3. The highest BCUT2D eigenvalue weighted by atomic mass is 16.6. The normalized spacial score (nSPS) is 11.6. The number of hydrogen-bond acceptors (Lipinski definition) is 6. The molecule has 0 saturated heterocycles. The average molecular weight is 402 g/mol. The summed E-state index contributed by atoms with van der Waals surface area (Å²) >= 11 is 0. The van der Waals surface area contributed by atoms with Gasteiger partial charge in [-0.3, -0.25) is 9.59 Å². The summed E-state index contributed by atoms with van der Waals surface area (Å²) in [7, 11) is 3.82. The smallest absolute Gasteiger partial charge is 0.326 e. The molecular formula is C21H31N5O3. The van der Waals surface area contributed by atoms with E-state index in [9.17, 15) is 9.59 Å². The summed E-state index contributed by atoms with van der Waals surface area (Å²) in [5.41, 5.74) is 2.16. The third-order valence-corrected chi connectivity index (χ3v) is 4.19. The fourth-order valence-corrected chi connectivity index (χ4v) is 2.78. The van der Waals surface area contributed by atoms with Crippen LogP contribution in [0.25, 0.3) is 5.69 Å². The maximum atomic E-state index is 13.2. The number of carbonyl (C=O) groups excluding carboxylic acids is 2. The lowest BCUT2D eigenvalue weighted by Gasteiger charge is -2.25. The molecule has 0 spiro atoms. The van der Waals surface area contributed by atoms with E-state index in [0.29, 0.717) is 18.8 Å². The van der Waals surface area contributed by atoms with Crippen molar-refractivity contribution in [1.29, 1.82) is 0 Å². The largest absolute Gasteiger partial charge is 0.459 e. The Hall–Kier alpha value is -2.74. The molecule has 1 aromatic heterocycles. The van der Waals surface area contributed by atoms with E-state index in [1.54, 1.807) is 32.4 Å². The number of likely N-dealkylation sites (N-methyl/N-ethyl adjacent to an activating group) is 1. The highest BCUT2D eigenvalue weighted by Gasteiger charge is 2.27. The molecule has 2 rings (SSSR count). The summed E-state index contributed by atoms with van der Waals surface area (Å²) in [5, 5.41) is 8.26. The summed E-state index contributed by atoms with van der Waals surface area (Å²) in [5.74, 6) is -0.789. The molecule has 0 aliphatic rings. The predicted octanol–water partition coefficient (Wildman–Crippen LogP) is 2.23. The third kappa shape index (κ3) is 6.39. The SMILES string of the molecule is Cc1cccc(-n2nnc(C(=O)N(CCN(C)C)CC(=O)OC(C)(C)C)c2C)c1. The maximum absolute atomic E-state index is 13.2. The molecule has 0 unspecified atom stereocenters. The van der Waals surface area contributed by atoms with Gasteiger partial charge in [-0.25, -0.2) is 4.68 Å². The quantitative estimate of drug-likeness (QED) is 0.662. The second-order valence-electron chi connectivity index (χ2n) is 8.39. The summed E-state index contributed by atoms with van der Waals surface area (Å²) in [6.07, 6.45) is 0. The molecule has 0 atom stereocenters. The van der Waals surface area contributed by atoms with Gasteiger partial charge in [-0.05, 0) is 66.4 Å². The number of amides is 1. The van der Waals surface area contributed by atoms with Crippen LogP contribution >= 0.6 is 0 Å². The van der Waals surface area contributed by atoms with Gasteiger partial charge in [0.25, 0.3) is 5.91 Å². The van der Waals surface area contributed by atoms with Crippen molar-refractivity contribution < 1.29 is 14.3 Å². The Kier molecular flexibility index (Phi) is 7.13. The molecule has 0 radical (unpaired) electrons. The number of carbonyl (C=O) groups is 2. The van der Waals surface area contributed by atoms with Crippen LogP contribution in [0.1, 0.15) is 42.5 Å². The Balaban J connectivity index is 2.27. The number of nitrogens with zero attached hydrogens (tertiary/aromatic N) is 5. The molecule has 8 heteroatoms. The zero-order valence-corrected chi connectivity index (χ0v) is 18.4. The molecule has 0 aliphatic carbocycles. The van der Waals surface area contributed by atoms with Crippen LogP contribution in [0.3, 0.4) is 0 Å². The van der Waals surface area contributed by atoms with Crippen molar-refractivity contribution in [1.82, 2.24) is 24.8 Å². The van der Waals surface area contributed by atoms with Crippen molar-refractivity contribution in [2.75, 3.05) is 33.7 Å². The van der Waals surface area contributed by atoms with Gasteiger partial charge < -0.3 is 14.5 Å². The van der Waals surface area contributed by atoms with Crippen molar-refractivity contribution in [3.8, 4) is 5.69 Å². The van der Waals surface area contributed by atoms with Gasteiger partial charge in [0.1, 0.15) is 12.1 Å². The average Bonchev–Trinajstić information content (AvgIpc) is 2.97. The fourth-order valence-electron chi connectivity index (χ4n) is 2.78. The number of rotatable bonds is 7. The Morgan fingerprint density at radius 1 is 1.14 bits per heavy atom. The zero-order chi connectivity index (χ0) is 21.8. The molecule has 1 aromatic carbocycles.